The third-order valence-corrected chi connectivity index (χ3v) is 3.91. The molecular weight excluding hydrogens is 211 g/mol. The van der Waals surface area contributed by atoms with Gasteiger partial charge in [-0.05, 0) is 38.2 Å². The molecule has 0 heterocycles. The molecule has 13 heavy (non-hydrogen) atoms. The fourth-order valence-electron chi connectivity index (χ4n) is 0.970. The van der Waals surface area contributed by atoms with Gasteiger partial charge in [-0.2, -0.15) is 0 Å². The minimum Gasteiger partial charge on any atom is -0.330 e. The summed E-state index contributed by atoms with van der Waals surface area (Å²) in [6.45, 7) is 0.250. The smallest absolute Gasteiger partial charge is 0.330 e. The van der Waals surface area contributed by atoms with Crippen LogP contribution in [0.15, 0.2) is 0 Å². The number of hydrogen-bond acceptors (Lipinski definition) is 4. The molecule has 0 saturated heterocycles. The third kappa shape index (κ3) is 8.74. The van der Waals surface area contributed by atoms with E-state index in [1.165, 1.54) is 0 Å². The molecule has 0 fully saturated rings. The van der Waals surface area contributed by atoms with Crippen LogP contribution in [0, 0.1) is 0 Å². The molecule has 2 atom stereocenters. The van der Waals surface area contributed by atoms with Gasteiger partial charge in [0.1, 0.15) is 0 Å². The zero-order chi connectivity index (χ0) is 10.5. The largest absolute Gasteiger partial charge is 0.385 e. The van der Waals surface area contributed by atoms with Gasteiger partial charge in [0.25, 0.3) is 0 Å². The normalized spacial score (nSPS) is 17.0. The minimum atomic E-state index is -3.97. The van der Waals surface area contributed by atoms with Crippen molar-refractivity contribution in [2.24, 2.45) is 5.73 Å². The molecule has 0 aromatic heterocycles. The van der Waals surface area contributed by atoms with Gasteiger partial charge in [-0.15, -0.1) is 0 Å². The SMILES string of the molecule is CC(CCN)NC(C)SP(=O)(O)O. The lowest BCUT2D eigenvalue weighted by Crippen LogP contribution is -2.33. The second kappa shape index (κ2) is 6.01. The quantitative estimate of drug-likeness (QED) is 0.390. The predicted molar refractivity (Wildman–Crippen MR) is 55.4 cm³/mol. The van der Waals surface area contributed by atoms with Crippen molar-refractivity contribution in [2.45, 2.75) is 31.7 Å². The van der Waals surface area contributed by atoms with Crippen LogP contribution in [0.5, 0.6) is 0 Å². The number of nitrogens with two attached hydrogens (primary N) is 1. The molecule has 0 amide bonds. The van der Waals surface area contributed by atoms with Gasteiger partial charge in [0.15, 0.2) is 0 Å². The van der Waals surface area contributed by atoms with E-state index in [0.29, 0.717) is 17.9 Å². The Balaban J connectivity index is 3.74. The van der Waals surface area contributed by atoms with Gasteiger partial charge in [-0.3, -0.25) is 0 Å². The summed E-state index contributed by atoms with van der Waals surface area (Å²) in [5, 5.41) is 2.77. The van der Waals surface area contributed by atoms with E-state index in [1.54, 1.807) is 6.92 Å². The van der Waals surface area contributed by atoms with Crippen molar-refractivity contribution in [3.8, 4) is 0 Å². The summed E-state index contributed by atoms with van der Waals surface area (Å²) in [6, 6.07) is 0.180. The summed E-state index contributed by atoms with van der Waals surface area (Å²) in [4.78, 5) is 17.3. The van der Waals surface area contributed by atoms with Gasteiger partial charge in [-0.25, -0.2) is 4.57 Å². The van der Waals surface area contributed by atoms with Crippen LogP contribution in [0.4, 0.5) is 0 Å². The van der Waals surface area contributed by atoms with Gasteiger partial charge < -0.3 is 20.8 Å². The molecule has 0 aromatic carbocycles. The molecule has 0 radical (unpaired) electrons. The molecule has 0 aromatic rings. The first-order valence-electron chi connectivity index (χ1n) is 4.05. The van der Waals surface area contributed by atoms with E-state index in [4.69, 9.17) is 15.5 Å². The Morgan fingerprint density at radius 1 is 1.54 bits per heavy atom. The average molecular weight is 228 g/mol. The minimum absolute atomic E-state index is 0.180. The summed E-state index contributed by atoms with van der Waals surface area (Å²) in [6.07, 6.45) is 0.798. The molecule has 0 aliphatic carbocycles. The Hall–Kier alpha value is 0.420. The maximum Gasteiger partial charge on any atom is 0.385 e. The van der Waals surface area contributed by atoms with Crippen molar-refractivity contribution in [1.29, 1.82) is 0 Å². The molecule has 0 aliphatic rings. The summed E-state index contributed by atoms with van der Waals surface area (Å²) in [5.74, 6) is 0. The van der Waals surface area contributed by atoms with E-state index in [9.17, 15) is 4.57 Å². The molecule has 2 unspecified atom stereocenters. The molecule has 0 rings (SSSR count). The molecule has 5 nitrogen and oxygen atoms in total. The summed E-state index contributed by atoms with van der Waals surface area (Å²) >= 11 is 0.626. The van der Waals surface area contributed by atoms with Crippen LogP contribution >= 0.6 is 18.2 Å². The Kier molecular flexibility index (Phi) is 6.20. The van der Waals surface area contributed by atoms with Gasteiger partial charge >= 0.3 is 6.80 Å². The molecule has 0 saturated carbocycles. The van der Waals surface area contributed by atoms with Crippen LogP contribution in [0.1, 0.15) is 20.3 Å². The van der Waals surface area contributed by atoms with Crippen molar-refractivity contribution < 1.29 is 14.4 Å². The Bertz CT molecular complexity index is 187. The standard InChI is InChI=1S/C6H17N2O3PS/c1-5(3-4-7)8-6(2)13-12(9,10)11/h5-6,8H,3-4,7H2,1-2H3,(H2,9,10,11). The van der Waals surface area contributed by atoms with Crippen molar-refractivity contribution in [2.75, 3.05) is 6.54 Å². The maximum absolute atomic E-state index is 10.6. The highest BCUT2D eigenvalue weighted by molar-refractivity contribution is 8.54. The van der Waals surface area contributed by atoms with Crippen molar-refractivity contribution >= 4 is 18.2 Å². The van der Waals surface area contributed by atoms with Crippen LogP contribution in [0.25, 0.3) is 0 Å². The lowest BCUT2D eigenvalue weighted by molar-refractivity contribution is 0.396. The zero-order valence-corrected chi connectivity index (χ0v) is 9.52. The number of nitrogens with one attached hydrogen (secondary N) is 1. The van der Waals surface area contributed by atoms with Crippen molar-refractivity contribution in [3.05, 3.63) is 0 Å². The van der Waals surface area contributed by atoms with E-state index in [2.05, 4.69) is 5.32 Å². The molecule has 0 spiro atoms. The third-order valence-electron chi connectivity index (χ3n) is 1.41. The summed E-state index contributed by atoms with van der Waals surface area (Å²) < 4.78 is 10.6. The maximum atomic E-state index is 10.6. The number of rotatable bonds is 6. The molecule has 7 heteroatoms. The monoisotopic (exact) mass is 228 g/mol. The molecule has 80 valence electrons. The van der Waals surface area contributed by atoms with E-state index in [0.717, 1.165) is 6.42 Å². The highest BCUT2D eigenvalue weighted by atomic mass is 32.7. The van der Waals surface area contributed by atoms with Gasteiger partial charge in [-0.1, -0.05) is 0 Å². The fourth-order valence-corrected chi connectivity index (χ4v) is 3.09. The van der Waals surface area contributed by atoms with E-state index in [1.807, 2.05) is 6.92 Å². The topological polar surface area (TPSA) is 95.6 Å². The second-order valence-corrected chi connectivity index (χ2v) is 6.84. The lowest BCUT2D eigenvalue weighted by Gasteiger charge is -2.18. The molecule has 0 aliphatic heterocycles. The van der Waals surface area contributed by atoms with Gasteiger partial charge in [0, 0.05) is 6.04 Å². The first kappa shape index (κ1) is 13.4. The summed E-state index contributed by atoms with van der Waals surface area (Å²) in [5.41, 5.74) is 5.33. The average Bonchev–Trinajstić information content (AvgIpc) is 1.81. The van der Waals surface area contributed by atoms with Crippen LogP contribution in [-0.2, 0) is 4.57 Å². The van der Waals surface area contributed by atoms with E-state index >= 15 is 0 Å². The van der Waals surface area contributed by atoms with Gasteiger partial charge in [0.05, 0.1) is 5.37 Å². The van der Waals surface area contributed by atoms with Crippen LogP contribution < -0.4 is 11.1 Å². The number of hydrogen-bond donors (Lipinski definition) is 4. The van der Waals surface area contributed by atoms with Crippen LogP contribution in [-0.4, -0.2) is 27.7 Å². The first-order valence-corrected chi connectivity index (χ1v) is 7.15. The second-order valence-electron chi connectivity index (χ2n) is 2.88. The summed E-state index contributed by atoms with van der Waals surface area (Å²) in [7, 11) is 0. The highest BCUT2D eigenvalue weighted by Crippen LogP contribution is 2.51. The zero-order valence-electron chi connectivity index (χ0n) is 7.80. The Morgan fingerprint density at radius 2 is 2.08 bits per heavy atom. The Morgan fingerprint density at radius 3 is 2.46 bits per heavy atom. The van der Waals surface area contributed by atoms with Crippen LogP contribution in [0.3, 0.4) is 0 Å². The molecular formula is C6H17N2O3PS. The highest BCUT2D eigenvalue weighted by Gasteiger charge is 2.19. The van der Waals surface area contributed by atoms with E-state index in [-0.39, 0.29) is 11.4 Å². The fraction of sp³-hybridized carbons (Fsp3) is 1.00. The van der Waals surface area contributed by atoms with Crippen molar-refractivity contribution in [3.63, 3.8) is 0 Å². The van der Waals surface area contributed by atoms with E-state index < -0.39 is 6.80 Å². The van der Waals surface area contributed by atoms with Crippen LogP contribution in [0.2, 0.25) is 0 Å². The predicted octanol–water partition coefficient (Wildman–Crippen LogP) is 0.485. The molecule has 0 bridgehead atoms. The Labute approximate surface area is 82.4 Å². The van der Waals surface area contributed by atoms with Gasteiger partial charge in [0.2, 0.25) is 0 Å². The molecule has 5 N–H and O–H groups in total. The lowest BCUT2D eigenvalue weighted by atomic mass is 10.2. The first-order chi connectivity index (χ1) is 5.85. The van der Waals surface area contributed by atoms with Crippen molar-refractivity contribution in [1.82, 2.24) is 5.32 Å².